The average Bonchev–Trinajstić information content (AvgIpc) is 3.92. The molecule has 0 unspecified atom stereocenters. The predicted molar refractivity (Wildman–Crippen MR) is 264 cm³/mol. The van der Waals surface area contributed by atoms with Gasteiger partial charge in [0.25, 0.3) is 0 Å². The first-order valence-corrected chi connectivity index (χ1v) is 24.3. The minimum Gasteiger partial charge on any atom is -0.477 e. The lowest BCUT2D eigenvalue weighted by atomic mass is 10.0. The first-order chi connectivity index (χ1) is 29.3. The van der Waals surface area contributed by atoms with E-state index in [1.54, 1.807) is 53.7 Å². The number of aromatic nitrogens is 3. The second-order valence-corrected chi connectivity index (χ2v) is 14.8. The Labute approximate surface area is 401 Å². The molecule has 6 rings (SSSR count). The number of alkyl halides is 5. The van der Waals surface area contributed by atoms with E-state index in [0.29, 0.717) is 34.4 Å². The standard InChI is InChI=1S/C16H19NO3.C11H9NO3.C10H10N2O.C4H10O.3CH3Br.CH2Cl2/c1-11-13(10-14(18)19-16(2,3)4)15(17-20-11)12-8-6-5-7-9-12;1-7-9(11(13)14)10(12-15-7)8-5-3-2-4-6-8;1-7-9(11)10(12-13-7)8-5-3-2-4-6-8;1-4(2,3)5;3*1-2;2-1-3/h5-9H,10H2,1-4H3;2-6H,1H3,(H,13,14);2-6H,11H2,1H3;5H,1-3H3;3*1H3;1H2. The zero-order valence-corrected chi connectivity index (χ0v) is 43.5. The normalized spacial score (nSPS) is 9.84. The van der Waals surface area contributed by atoms with Gasteiger partial charge in [0.1, 0.15) is 45.5 Å². The van der Waals surface area contributed by atoms with Crippen LogP contribution in [0.5, 0.6) is 0 Å². The van der Waals surface area contributed by atoms with Crippen LogP contribution < -0.4 is 5.73 Å². The molecule has 3 aromatic heterocycles. The fourth-order valence-electron chi connectivity index (χ4n) is 4.54. The Balaban J connectivity index is 0. The Bertz CT molecular complexity index is 2080. The van der Waals surface area contributed by atoms with E-state index < -0.39 is 17.2 Å². The molecule has 0 fully saturated rings. The first kappa shape index (κ1) is 60.1. The molecule has 4 N–H and O–H groups in total. The fraction of sp³-hybridized carbons (Fsp3) is 0.356. The van der Waals surface area contributed by atoms with Crippen LogP contribution >= 0.6 is 71.0 Å². The maximum Gasteiger partial charge on any atom is 0.341 e. The van der Waals surface area contributed by atoms with E-state index in [1.165, 1.54) is 0 Å². The van der Waals surface area contributed by atoms with Gasteiger partial charge in [-0.25, -0.2) is 4.79 Å². The van der Waals surface area contributed by atoms with E-state index in [2.05, 4.69) is 63.3 Å². The highest BCUT2D eigenvalue weighted by molar-refractivity contribution is 9.09. The van der Waals surface area contributed by atoms with Crippen molar-refractivity contribution >= 4 is 88.6 Å². The Morgan fingerprint density at radius 2 is 0.952 bits per heavy atom. The van der Waals surface area contributed by atoms with Crippen molar-refractivity contribution in [1.82, 2.24) is 15.5 Å². The number of ether oxygens (including phenoxy) is 1. The minimum atomic E-state index is -1.02. The number of anilines is 1. The Morgan fingerprint density at radius 1 is 0.629 bits per heavy atom. The van der Waals surface area contributed by atoms with E-state index in [4.69, 9.17) is 57.5 Å². The molecule has 0 aliphatic rings. The molecule has 0 aliphatic heterocycles. The third kappa shape index (κ3) is 24.0. The molecule has 0 aliphatic carbocycles. The first-order valence-electron chi connectivity index (χ1n) is 18.5. The van der Waals surface area contributed by atoms with Gasteiger partial charge in [-0.2, -0.15) is 0 Å². The summed E-state index contributed by atoms with van der Waals surface area (Å²) in [6.07, 6.45) is 0.164. The van der Waals surface area contributed by atoms with Gasteiger partial charge in [0, 0.05) is 22.3 Å². The summed E-state index contributed by atoms with van der Waals surface area (Å²) in [5.74, 6) is 5.77. The van der Waals surface area contributed by atoms with Crippen LogP contribution in [-0.2, 0) is 16.0 Å². The number of aromatic carboxylic acids is 1. The highest BCUT2D eigenvalue weighted by atomic mass is 79.9. The number of esters is 1. The SMILES string of the molecule is CBr.CBr.CBr.CC(C)(C)O.Cc1onc(-c2ccccc2)c1C(=O)O.Cc1onc(-c2ccccc2)c1CC(=O)OC(C)(C)C.Cc1onc(-c2ccccc2)c1N.ClCCl. The van der Waals surface area contributed by atoms with Gasteiger partial charge in [0.05, 0.1) is 17.4 Å². The van der Waals surface area contributed by atoms with E-state index in [0.717, 1.165) is 27.9 Å². The fourth-order valence-corrected chi connectivity index (χ4v) is 4.54. The molecule has 3 heterocycles. The van der Waals surface area contributed by atoms with Crippen LogP contribution in [-0.4, -0.2) is 71.7 Å². The molecule has 0 radical (unpaired) electrons. The number of nitrogens with zero attached hydrogens (tertiary/aromatic N) is 3. The molecule has 6 aromatic rings. The Kier molecular flexibility index (Phi) is 31.7. The minimum absolute atomic E-state index is 0.126. The molecular weight excluding hydrogens is 1040 g/mol. The van der Waals surface area contributed by atoms with E-state index in [9.17, 15) is 9.59 Å². The third-order valence-corrected chi connectivity index (χ3v) is 6.85. The van der Waals surface area contributed by atoms with Crippen molar-refractivity contribution in [1.29, 1.82) is 0 Å². The number of carbonyl (C=O) groups excluding carboxylic acids is 1. The van der Waals surface area contributed by atoms with Crippen molar-refractivity contribution in [3.8, 4) is 33.8 Å². The third-order valence-electron chi connectivity index (χ3n) is 6.85. The van der Waals surface area contributed by atoms with Crippen LogP contribution in [0.3, 0.4) is 0 Å². The van der Waals surface area contributed by atoms with Gasteiger partial charge in [-0.3, -0.25) is 4.79 Å². The summed E-state index contributed by atoms with van der Waals surface area (Å²) in [7, 11) is 0. The highest BCUT2D eigenvalue weighted by Gasteiger charge is 2.22. The molecule has 342 valence electrons. The molecule has 12 nitrogen and oxygen atoms in total. The summed E-state index contributed by atoms with van der Waals surface area (Å²) in [4.78, 5) is 22.9. The van der Waals surface area contributed by atoms with Crippen LogP contribution in [0.15, 0.2) is 105 Å². The molecule has 3 aromatic carbocycles. The molecule has 0 saturated carbocycles. The van der Waals surface area contributed by atoms with Gasteiger partial charge in [-0.15, -0.1) is 23.2 Å². The van der Waals surface area contributed by atoms with Crippen LogP contribution in [0.4, 0.5) is 5.69 Å². The number of carbonyl (C=O) groups is 2. The smallest absolute Gasteiger partial charge is 0.341 e. The van der Waals surface area contributed by atoms with Crippen LogP contribution in [0.2, 0.25) is 0 Å². The quantitative estimate of drug-likeness (QED) is 0.106. The summed E-state index contributed by atoms with van der Waals surface area (Å²) >= 11 is 18.3. The van der Waals surface area contributed by atoms with Crippen molar-refractivity contribution in [3.63, 3.8) is 0 Å². The van der Waals surface area contributed by atoms with E-state index >= 15 is 0 Å². The van der Waals surface area contributed by atoms with Gasteiger partial charge in [-0.05, 0) is 79.8 Å². The lowest BCUT2D eigenvalue weighted by Crippen LogP contribution is -2.25. The summed E-state index contributed by atoms with van der Waals surface area (Å²) < 4.78 is 20.4. The van der Waals surface area contributed by atoms with E-state index in [-0.39, 0.29) is 23.3 Å². The van der Waals surface area contributed by atoms with Crippen LogP contribution in [0.1, 0.15) is 74.7 Å². The number of carboxylic acids is 1. The van der Waals surface area contributed by atoms with Crippen LogP contribution in [0.25, 0.3) is 33.8 Å². The number of benzene rings is 3. The summed E-state index contributed by atoms with van der Waals surface area (Å²) in [6.45, 7) is 16.0. The summed E-state index contributed by atoms with van der Waals surface area (Å²) in [5.41, 5.74) is 10.8. The number of rotatable bonds is 6. The maximum atomic E-state index is 12.0. The van der Waals surface area contributed by atoms with Crippen molar-refractivity contribution in [2.24, 2.45) is 0 Å². The molecule has 0 amide bonds. The molecule has 62 heavy (non-hydrogen) atoms. The maximum absolute atomic E-state index is 12.0. The lowest BCUT2D eigenvalue weighted by Gasteiger charge is -2.19. The van der Waals surface area contributed by atoms with Gasteiger partial charge >= 0.3 is 11.9 Å². The Hall–Kier alpha value is -3.99. The topological polar surface area (TPSA) is 188 Å². The Morgan fingerprint density at radius 3 is 1.31 bits per heavy atom. The molecule has 0 atom stereocenters. The number of hydrogen-bond acceptors (Lipinski definition) is 11. The number of aliphatic hydroxyl groups is 1. The predicted octanol–water partition coefficient (Wildman–Crippen LogP) is 13.3. The van der Waals surface area contributed by atoms with Gasteiger partial charge in [0.15, 0.2) is 5.76 Å². The number of nitrogen functional groups attached to an aromatic ring is 1. The largest absolute Gasteiger partial charge is 0.477 e. The molecule has 0 spiro atoms. The number of aryl methyl sites for hydroxylation is 3. The monoisotopic (exact) mass is 1090 g/mol. The molecular formula is C45H59Br3Cl2N4O8. The molecule has 0 saturated heterocycles. The summed E-state index contributed by atoms with van der Waals surface area (Å²) in [5, 5.41) is 29.4. The van der Waals surface area contributed by atoms with Crippen molar-refractivity contribution in [3.05, 3.63) is 119 Å². The number of carboxylic acid groups (broad SMARTS) is 1. The zero-order valence-electron chi connectivity index (χ0n) is 37.2. The molecule has 17 heteroatoms. The van der Waals surface area contributed by atoms with Crippen molar-refractivity contribution < 1.29 is 38.1 Å². The number of hydrogen-bond donors (Lipinski definition) is 3. The van der Waals surface area contributed by atoms with Gasteiger partial charge in [0.2, 0.25) is 0 Å². The number of nitrogens with two attached hydrogens (primary N) is 1. The number of halogens is 5. The van der Waals surface area contributed by atoms with Gasteiger partial charge < -0.3 is 34.3 Å². The second kappa shape index (κ2) is 32.7. The van der Waals surface area contributed by atoms with Crippen molar-refractivity contribution in [2.75, 3.05) is 28.6 Å². The zero-order chi connectivity index (χ0) is 48.1. The van der Waals surface area contributed by atoms with Gasteiger partial charge in [-0.1, -0.05) is 154 Å². The van der Waals surface area contributed by atoms with Crippen LogP contribution in [0, 0.1) is 20.8 Å². The highest BCUT2D eigenvalue weighted by Crippen LogP contribution is 2.28. The molecule has 0 bridgehead atoms. The summed E-state index contributed by atoms with van der Waals surface area (Å²) in [6, 6.07) is 28.5. The second-order valence-electron chi connectivity index (χ2n) is 14.0. The average molecular weight is 1090 g/mol. The van der Waals surface area contributed by atoms with Crippen molar-refractivity contribution in [2.45, 2.75) is 79.9 Å². The van der Waals surface area contributed by atoms with E-state index in [1.807, 2.05) is 117 Å². The lowest BCUT2D eigenvalue weighted by molar-refractivity contribution is -0.153.